The van der Waals surface area contributed by atoms with E-state index in [0.717, 1.165) is 67.1 Å². The molecule has 2 aromatic carbocycles. The normalized spacial score (nSPS) is 19.0. The van der Waals surface area contributed by atoms with Crippen molar-refractivity contribution in [3.63, 3.8) is 0 Å². The van der Waals surface area contributed by atoms with Gasteiger partial charge >= 0.3 is 0 Å². The number of rotatable bonds is 9. The molecule has 1 saturated heterocycles. The summed E-state index contributed by atoms with van der Waals surface area (Å²) in [7, 11) is 1.66. The summed E-state index contributed by atoms with van der Waals surface area (Å²) in [6.45, 7) is 2.37. The van der Waals surface area contributed by atoms with Gasteiger partial charge in [0.05, 0.1) is 24.8 Å². The third-order valence-corrected chi connectivity index (χ3v) is 7.08. The number of aromatic nitrogens is 2. The molecule has 1 unspecified atom stereocenters. The first-order chi connectivity index (χ1) is 16.2. The van der Waals surface area contributed by atoms with E-state index < -0.39 is 0 Å². The molecular weight excluding hydrogens is 414 g/mol. The molecule has 1 aromatic heterocycles. The van der Waals surface area contributed by atoms with Crippen molar-refractivity contribution in [3.8, 4) is 11.5 Å². The molecule has 6 nitrogen and oxygen atoms in total. The predicted octanol–water partition coefficient (Wildman–Crippen LogP) is 5.16. The molecule has 2 fully saturated rings. The summed E-state index contributed by atoms with van der Waals surface area (Å²) in [5.74, 6) is 3.25. The number of aryl methyl sites for hydroxylation is 1. The van der Waals surface area contributed by atoms with Gasteiger partial charge in [-0.25, -0.2) is 4.98 Å². The molecule has 33 heavy (non-hydrogen) atoms. The standard InChI is InChI=1S/C27H33N3O3/c1-32-22-12-14-23(15-13-22)33-17-7-6-16-29-25-11-5-4-10-24(25)28-27(29)20-18-26(31)30(19-20)21-8-2-3-9-21/h4-5,10-15,20-21H,2-3,6-9,16-19H2,1H3. The molecule has 0 N–H and O–H groups in total. The van der Waals surface area contributed by atoms with Crippen molar-refractivity contribution in [2.75, 3.05) is 20.3 Å². The largest absolute Gasteiger partial charge is 0.497 e. The summed E-state index contributed by atoms with van der Waals surface area (Å²) in [5.41, 5.74) is 2.18. The van der Waals surface area contributed by atoms with Crippen LogP contribution < -0.4 is 9.47 Å². The highest BCUT2D eigenvalue weighted by Crippen LogP contribution is 2.35. The van der Waals surface area contributed by atoms with Gasteiger partial charge in [-0.3, -0.25) is 4.79 Å². The molecule has 1 saturated carbocycles. The molecular formula is C27H33N3O3. The first-order valence-corrected chi connectivity index (χ1v) is 12.2. The van der Waals surface area contributed by atoms with Gasteiger partial charge in [0.1, 0.15) is 17.3 Å². The fourth-order valence-electron chi connectivity index (χ4n) is 5.35. The Kier molecular flexibility index (Phi) is 6.51. The average molecular weight is 448 g/mol. The summed E-state index contributed by atoms with van der Waals surface area (Å²) in [4.78, 5) is 19.9. The number of nitrogens with zero attached hydrogens (tertiary/aromatic N) is 3. The number of ether oxygens (including phenoxy) is 2. The minimum Gasteiger partial charge on any atom is -0.497 e. The van der Waals surface area contributed by atoms with Crippen molar-refractivity contribution in [2.45, 2.75) is 63.5 Å². The lowest BCUT2D eigenvalue weighted by atomic mass is 10.1. The Morgan fingerprint density at radius 1 is 1.00 bits per heavy atom. The quantitative estimate of drug-likeness (QED) is 0.425. The van der Waals surface area contributed by atoms with Crippen LogP contribution in [-0.2, 0) is 11.3 Å². The monoisotopic (exact) mass is 447 g/mol. The first kappa shape index (κ1) is 21.8. The van der Waals surface area contributed by atoms with Crippen LogP contribution in [0.2, 0.25) is 0 Å². The number of hydrogen-bond donors (Lipinski definition) is 0. The molecule has 6 heteroatoms. The Bertz CT molecular complexity index is 1090. The zero-order valence-corrected chi connectivity index (χ0v) is 19.4. The summed E-state index contributed by atoms with van der Waals surface area (Å²) in [5, 5.41) is 0. The molecule has 1 aliphatic heterocycles. The van der Waals surface area contributed by atoms with Crippen LogP contribution in [0, 0.1) is 0 Å². The van der Waals surface area contributed by atoms with Crippen LogP contribution in [0.3, 0.4) is 0 Å². The second-order valence-electron chi connectivity index (χ2n) is 9.23. The van der Waals surface area contributed by atoms with E-state index in [2.05, 4.69) is 27.7 Å². The van der Waals surface area contributed by atoms with Crippen LogP contribution >= 0.6 is 0 Å². The summed E-state index contributed by atoms with van der Waals surface area (Å²) in [6.07, 6.45) is 7.34. The molecule has 1 amide bonds. The second kappa shape index (κ2) is 9.86. The number of benzene rings is 2. The number of amides is 1. The molecule has 174 valence electrons. The highest BCUT2D eigenvalue weighted by molar-refractivity contribution is 5.81. The van der Waals surface area contributed by atoms with E-state index in [1.165, 1.54) is 12.8 Å². The van der Waals surface area contributed by atoms with Crippen molar-refractivity contribution in [2.24, 2.45) is 0 Å². The van der Waals surface area contributed by atoms with Crippen molar-refractivity contribution in [1.29, 1.82) is 0 Å². The average Bonchev–Trinajstić information content (AvgIpc) is 3.58. The minimum absolute atomic E-state index is 0.182. The maximum atomic E-state index is 12.8. The number of imidazole rings is 1. The van der Waals surface area contributed by atoms with Gasteiger partial charge in [0.2, 0.25) is 5.91 Å². The van der Waals surface area contributed by atoms with E-state index in [0.29, 0.717) is 25.0 Å². The maximum absolute atomic E-state index is 12.8. The van der Waals surface area contributed by atoms with E-state index in [1.54, 1.807) is 7.11 Å². The lowest BCUT2D eigenvalue weighted by molar-refractivity contribution is -0.129. The van der Waals surface area contributed by atoms with E-state index >= 15 is 0 Å². The number of unbranched alkanes of at least 4 members (excludes halogenated alkanes) is 1. The van der Waals surface area contributed by atoms with Gasteiger partial charge in [-0.15, -0.1) is 0 Å². The summed E-state index contributed by atoms with van der Waals surface area (Å²) in [6, 6.07) is 16.5. The van der Waals surface area contributed by atoms with Crippen LogP contribution in [0.25, 0.3) is 11.0 Å². The third-order valence-electron chi connectivity index (χ3n) is 7.08. The van der Waals surface area contributed by atoms with Crippen LogP contribution in [0.5, 0.6) is 11.5 Å². The van der Waals surface area contributed by atoms with Crippen LogP contribution in [0.4, 0.5) is 0 Å². The van der Waals surface area contributed by atoms with Gasteiger partial charge in [-0.2, -0.15) is 0 Å². The highest BCUT2D eigenvalue weighted by atomic mass is 16.5. The second-order valence-corrected chi connectivity index (χ2v) is 9.23. The lowest BCUT2D eigenvalue weighted by Gasteiger charge is -2.24. The Hall–Kier alpha value is -3.02. The molecule has 1 atom stereocenters. The van der Waals surface area contributed by atoms with E-state index in [1.807, 2.05) is 30.3 Å². The van der Waals surface area contributed by atoms with Crippen molar-refractivity contribution >= 4 is 16.9 Å². The van der Waals surface area contributed by atoms with Gasteiger partial charge in [-0.05, 0) is 62.1 Å². The number of carbonyl (C=O) groups excluding carboxylic acids is 1. The SMILES string of the molecule is COc1ccc(OCCCCn2c(C3CC(=O)N(C4CCCC4)C3)nc3ccccc32)cc1. The van der Waals surface area contributed by atoms with E-state index in [-0.39, 0.29) is 5.92 Å². The third kappa shape index (κ3) is 4.70. The van der Waals surface area contributed by atoms with Crippen molar-refractivity contribution < 1.29 is 14.3 Å². The van der Waals surface area contributed by atoms with Crippen LogP contribution in [-0.4, -0.2) is 46.7 Å². The zero-order valence-electron chi connectivity index (χ0n) is 19.4. The number of methoxy groups -OCH3 is 1. The molecule has 2 aliphatic rings. The van der Waals surface area contributed by atoms with Crippen LogP contribution in [0.15, 0.2) is 48.5 Å². The molecule has 0 spiro atoms. The smallest absolute Gasteiger partial charge is 0.223 e. The van der Waals surface area contributed by atoms with E-state index in [9.17, 15) is 4.79 Å². The molecule has 1 aliphatic carbocycles. The van der Waals surface area contributed by atoms with Crippen molar-refractivity contribution in [1.82, 2.24) is 14.5 Å². The Balaban J connectivity index is 1.24. The first-order valence-electron chi connectivity index (χ1n) is 12.2. The highest BCUT2D eigenvalue weighted by Gasteiger charge is 2.38. The van der Waals surface area contributed by atoms with Gasteiger partial charge < -0.3 is 18.9 Å². The number of carbonyl (C=O) groups is 1. The summed E-state index contributed by atoms with van der Waals surface area (Å²) >= 11 is 0. The van der Waals surface area contributed by atoms with Crippen LogP contribution in [0.1, 0.15) is 56.7 Å². The fraction of sp³-hybridized carbons (Fsp3) is 0.481. The molecule has 0 radical (unpaired) electrons. The number of hydrogen-bond acceptors (Lipinski definition) is 4. The Morgan fingerprint density at radius 2 is 1.76 bits per heavy atom. The molecule has 5 rings (SSSR count). The minimum atomic E-state index is 0.182. The maximum Gasteiger partial charge on any atom is 0.223 e. The molecule has 3 aromatic rings. The van der Waals surface area contributed by atoms with Gasteiger partial charge in [0, 0.05) is 31.5 Å². The lowest BCUT2D eigenvalue weighted by Crippen LogP contribution is -2.34. The topological polar surface area (TPSA) is 56.6 Å². The van der Waals surface area contributed by atoms with Gasteiger partial charge in [0.25, 0.3) is 0 Å². The predicted molar refractivity (Wildman–Crippen MR) is 129 cm³/mol. The number of likely N-dealkylation sites (tertiary alicyclic amines) is 1. The van der Waals surface area contributed by atoms with Gasteiger partial charge in [0.15, 0.2) is 0 Å². The Labute approximate surface area is 195 Å². The number of fused-ring (bicyclic) bond motifs is 1. The summed E-state index contributed by atoms with van der Waals surface area (Å²) < 4.78 is 13.4. The molecule has 0 bridgehead atoms. The zero-order chi connectivity index (χ0) is 22.6. The van der Waals surface area contributed by atoms with Gasteiger partial charge in [-0.1, -0.05) is 25.0 Å². The molecule has 2 heterocycles. The Morgan fingerprint density at radius 3 is 2.55 bits per heavy atom. The van der Waals surface area contributed by atoms with E-state index in [4.69, 9.17) is 14.5 Å². The fourth-order valence-corrected chi connectivity index (χ4v) is 5.35. The number of para-hydroxylation sites is 2. The van der Waals surface area contributed by atoms with Crippen molar-refractivity contribution in [3.05, 3.63) is 54.4 Å².